The summed E-state index contributed by atoms with van der Waals surface area (Å²) in [5.74, 6) is 0.693. The Morgan fingerprint density at radius 2 is 1.62 bits per heavy atom. The highest BCUT2D eigenvalue weighted by Gasteiger charge is 2.22. The van der Waals surface area contributed by atoms with Gasteiger partial charge in [0, 0.05) is 18.7 Å². The third-order valence-electron chi connectivity index (χ3n) is 3.84. The van der Waals surface area contributed by atoms with Crippen molar-refractivity contribution in [1.82, 2.24) is 4.90 Å². The smallest absolute Gasteiger partial charge is 0.263 e. The lowest BCUT2D eigenvalue weighted by Gasteiger charge is -2.24. The minimum atomic E-state index is -0.494. The fourth-order valence-electron chi connectivity index (χ4n) is 2.57. The number of hydrogen-bond donors (Lipinski definition) is 0. The van der Waals surface area contributed by atoms with E-state index in [0.717, 1.165) is 25.9 Å². The molecular formula is C17H23NO3. The molecule has 4 nitrogen and oxygen atoms in total. The minimum absolute atomic E-state index is 0.0234. The first-order valence-electron chi connectivity index (χ1n) is 7.64. The van der Waals surface area contributed by atoms with Gasteiger partial charge in [-0.1, -0.05) is 12.8 Å². The van der Waals surface area contributed by atoms with E-state index in [4.69, 9.17) is 4.74 Å². The first kappa shape index (κ1) is 15.5. The standard InChI is InChI=1S/C17H23NO3/c1-13(19)15-7-9-16(10-8-15)21-14(2)17(20)18-11-5-3-4-6-12-18/h7-10,14H,3-6,11-12H2,1-2H3/t14-/m1/s1. The molecule has 2 rings (SSSR count). The molecule has 21 heavy (non-hydrogen) atoms. The maximum Gasteiger partial charge on any atom is 0.263 e. The summed E-state index contributed by atoms with van der Waals surface area (Å²) in [7, 11) is 0. The lowest BCUT2D eigenvalue weighted by molar-refractivity contribution is -0.137. The summed E-state index contributed by atoms with van der Waals surface area (Å²) in [4.78, 5) is 25.5. The van der Waals surface area contributed by atoms with Gasteiger partial charge in [-0.15, -0.1) is 0 Å². The van der Waals surface area contributed by atoms with Crippen molar-refractivity contribution in [1.29, 1.82) is 0 Å². The molecule has 1 atom stereocenters. The number of amides is 1. The summed E-state index contributed by atoms with van der Waals surface area (Å²) >= 11 is 0. The van der Waals surface area contributed by atoms with Gasteiger partial charge in [0.25, 0.3) is 5.91 Å². The van der Waals surface area contributed by atoms with Gasteiger partial charge in [0.15, 0.2) is 11.9 Å². The molecule has 0 radical (unpaired) electrons. The first-order chi connectivity index (χ1) is 10.1. The molecule has 114 valence electrons. The molecule has 0 spiro atoms. The molecule has 1 aliphatic rings. The van der Waals surface area contributed by atoms with E-state index < -0.39 is 6.10 Å². The summed E-state index contributed by atoms with van der Waals surface area (Å²) < 4.78 is 5.70. The zero-order valence-corrected chi connectivity index (χ0v) is 12.8. The molecular weight excluding hydrogens is 266 g/mol. The number of Topliss-reactive ketones (excluding diaryl/α,β-unsaturated/α-hetero) is 1. The molecule has 0 saturated carbocycles. The largest absolute Gasteiger partial charge is 0.481 e. The number of nitrogens with zero attached hydrogens (tertiary/aromatic N) is 1. The Labute approximate surface area is 126 Å². The highest BCUT2D eigenvalue weighted by molar-refractivity contribution is 5.94. The van der Waals surface area contributed by atoms with E-state index in [9.17, 15) is 9.59 Å². The molecule has 1 aliphatic heterocycles. The second-order valence-electron chi connectivity index (χ2n) is 5.58. The SMILES string of the molecule is CC(=O)c1ccc(O[C@H](C)C(=O)N2CCCCCC2)cc1. The molecule has 0 aliphatic carbocycles. The monoisotopic (exact) mass is 289 g/mol. The number of ketones is 1. The van der Waals surface area contributed by atoms with Crippen molar-refractivity contribution in [3.05, 3.63) is 29.8 Å². The maximum atomic E-state index is 12.4. The molecule has 1 amide bonds. The molecule has 4 heteroatoms. The quantitative estimate of drug-likeness (QED) is 0.800. The molecule has 0 aromatic heterocycles. The number of hydrogen-bond acceptors (Lipinski definition) is 3. The molecule has 0 bridgehead atoms. The molecule has 0 N–H and O–H groups in total. The number of carbonyl (C=O) groups is 2. The summed E-state index contributed by atoms with van der Waals surface area (Å²) in [6.07, 6.45) is 4.06. The Hall–Kier alpha value is -1.84. The van der Waals surface area contributed by atoms with Crippen molar-refractivity contribution >= 4 is 11.7 Å². The van der Waals surface area contributed by atoms with Crippen molar-refractivity contribution in [2.45, 2.75) is 45.6 Å². The van der Waals surface area contributed by atoms with E-state index in [0.29, 0.717) is 11.3 Å². The zero-order chi connectivity index (χ0) is 15.2. The zero-order valence-electron chi connectivity index (χ0n) is 12.8. The van der Waals surface area contributed by atoms with Crippen LogP contribution in [0.1, 0.15) is 49.9 Å². The fraction of sp³-hybridized carbons (Fsp3) is 0.529. The lowest BCUT2D eigenvalue weighted by atomic mass is 10.1. The predicted molar refractivity (Wildman–Crippen MR) is 81.6 cm³/mol. The second-order valence-corrected chi connectivity index (χ2v) is 5.58. The van der Waals surface area contributed by atoms with Crippen LogP contribution in [0.4, 0.5) is 0 Å². The molecule has 1 fully saturated rings. The van der Waals surface area contributed by atoms with Gasteiger partial charge in [0.2, 0.25) is 0 Å². The molecule has 1 aromatic rings. The van der Waals surface area contributed by atoms with Gasteiger partial charge in [-0.25, -0.2) is 0 Å². The number of carbonyl (C=O) groups excluding carboxylic acids is 2. The number of ether oxygens (including phenoxy) is 1. The van der Waals surface area contributed by atoms with Crippen molar-refractivity contribution in [3.8, 4) is 5.75 Å². The van der Waals surface area contributed by atoms with Crippen LogP contribution in [0.2, 0.25) is 0 Å². The number of benzene rings is 1. The van der Waals surface area contributed by atoms with Gasteiger partial charge in [0.1, 0.15) is 5.75 Å². The molecule has 1 heterocycles. The van der Waals surface area contributed by atoms with Gasteiger partial charge in [0.05, 0.1) is 0 Å². The van der Waals surface area contributed by atoms with Crippen LogP contribution in [0.3, 0.4) is 0 Å². The van der Waals surface area contributed by atoms with Gasteiger partial charge in [-0.05, 0) is 51.0 Å². The summed E-state index contributed by atoms with van der Waals surface area (Å²) in [5.41, 5.74) is 0.647. The normalized spacial score (nSPS) is 17.0. The van der Waals surface area contributed by atoms with E-state index in [2.05, 4.69) is 0 Å². The molecule has 1 aromatic carbocycles. The average Bonchev–Trinajstić information content (AvgIpc) is 2.76. The topological polar surface area (TPSA) is 46.6 Å². The Kier molecular flexibility index (Phi) is 5.37. The van der Waals surface area contributed by atoms with Gasteiger partial charge < -0.3 is 9.64 Å². The second kappa shape index (κ2) is 7.25. The summed E-state index contributed by atoms with van der Waals surface area (Å²) in [6.45, 7) is 4.97. The minimum Gasteiger partial charge on any atom is -0.481 e. The Morgan fingerprint density at radius 1 is 1.05 bits per heavy atom. The van der Waals surface area contributed by atoms with Crippen LogP contribution in [0.25, 0.3) is 0 Å². The number of rotatable bonds is 4. The Morgan fingerprint density at radius 3 is 2.14 bits per heavy atom. The fourth-order valence-corrected chi connectivity index (χ4v) is 2.57. The van der Waals surface area contributed by atoms with Crippen LogP contribution in [0.15, 0.2) is 24.3 Å². The van der Waals surface area contributed by atoms with Crippen LogP contribution >= 0.6 is 0 Å². The van der Waals surface area contributed by atoms with E-state index in [1.54, 1.807) is 31.2 Å². The van der Waals surface area contributed by atoms with Crippen molar-refractivity contribution < 1.29 is 14.3 Å². The first-order valence-corrected chi connectivity index (χ1v) is 7.64. The Balaban J connectivity index is 1.94. The average molecular weight is 289 g/mol. The highest BCUT2D eigenvalue weighted by atomic mass is 16.5. The predicted octanol–water partition coefficient (Wildman–Crippen LogP) is 3.06. The van der Waals surface area contributed by atoms with Crippen LogP contribution in [0.5, 0.6) is 5.75 Å². The van der Waals surface area contributed by atoms with Gasteiger partial charge in [-0.3, -0.25) is 9.59 Å². The number of likely N-dealkylation sites (tertiary alicyclic amines) is 1. The van der Waals surface area contributed by atoms with Crippen LogP contribution in [-0.4, -0.2) is 35.8 Å². The highest BCUT2D eigenvalue weighted by Crippen LogP contribution is 2.16. The van der Waals surface area contributed by atoms with Crippen LogP contribution in [-0.2, 0) is 4.79 Å². The van der Waals surface area contributed by atoms with E-state index in [-0.39, 0.29) is 11.7 Å². The summed E-state index contributed by atoms with van der Waals surface area (Å²) in [6, 6.07) is 6.92. The lowest BCUT2D eigenvalue weighted by Crippen LogP contribution is -2.40. The van der Waals surface area contributed by atoms with Crippen molar-refractivity contribution in [3.63, 3.8) is 0 Å². The third-order valence-corrected chi connectivity index (χ3v) is 3.84. The maximum absolute atomic E-state index is 12.4. The summed E-state index contributed by atoms with van der Waals surface area (Å²) in [5, 5.41) is 0. The van der Waals surface area contributed by atoms with Crippen molar-refractivity contribution in [2.75, 3.05) is 13.1 Å². The van der Waals surface area contributed by atoms with Crippen LogP contribution in [0, 0.1) is 0 Å². The van der Waals surface area contributed by atoms with E-state index >= 15 is 0 Å². The van der Waals surface area contributed by atoms with Crippen LogP contribution < -0.4 is 4.74 Å². The van der Waals surface area contributed by atoms with Gasteiger partial charge in [-0.2, -0.15) is 0 Å². The molecule has 1 saturated heterocycles. The Bertz CT molecular complexity index is 487. The third kappa shape index (κ3) is 4.31. The van der Waals surface area contributed by atoms with E-state index in [1.807, 2.05) is 4.90 Å². The van der Waals surface area contributed by atoms with Gasteiger partial charge >= 0.3 is 0 Å². The molecule has 0 unspecified atom stereocenters. The van der Waals surface area contributed by atoms with Crippen molar-refractivity contribution in [2.24, 2.45) is 0 Å². The van der Waals surface area contributed by atoms with E-state index in [1.165, 1.54) is 19.8 Å².